The lowest BCUT2D eigenvalue weighted by Gasteiger charge is -2.19. The van der Waals surface area contributed by atoms with Crippen molar-refractivity contribution in [2.24, 2.45) is 0 Å². The first-order chi connectivity index (χ1) is 56.8. The molecular formula is C99H60N16. The van der Waals surface area contributed by atoms with Crippen LogP contribution in [0.25, 0.3) is 203 Å². The normalized spacial score (nSPS) is 11.3. The minimum atomic E-state index is 0.299. The van der Waals surface area contributed by atoms with Gasteiger partial charge in [-0.25, -0.2) is 59.8 Å². The highest BCUT2D eigenvalue weighted by molar-refractivity contribution is 6.13. The average Bonchev–Trinajstić information content (AvgIpc) is 1.56. The highest BCUT2D eigenvalue weighted by Crippen LogP contribution is 2.45. The molecule has 0 saturated heterocycles. The zero-order valence-corrected chi connectivity index (χ0v) is 61.6. The summed E-state index contributed by atoms with van der Waals surface area (Å²) in [6, 6.07) is 120. The Bertz CT molecular complexity index is 6280. The van der Waals surface area contributed by atoms with Gasteiger partial charge in [-0.2, -0.15) is 10.5 Å². The molecule has 16 heteroatoms. The molecule has 6 aromatic heterocycles. The van der Waals surface area contributed by atoms with E-state index in [0.29, 0.717) is 120 Å². The average molecular weight is 1470 g/mol. The predicted octanol–water partition coefficient (Wildman–Crippen LogP) is 22.3. The van der Waals surface area contributed by atoms with Crippen LogP contribution in [0.1, 0.15) is 16.7 Å². The highest BCUT2D eigenvalue weighted by atomic mass is 15.1. The monoisotopic (exact) mass is 1470 g/mol. The zero-order valence-electron chi connectivity index (χ0n) is 61.6. The molecule has 0 aliphatic rings. The van der Waals surface area contributed by atoms with Crippen LogP contribution < -0.4 is 0 Å². The van der Waals surface area contributed by atoms with Crippen LogP contribution in [0.4, 0.5) is 0 Å². The third-order valence-electron chi connectivity index (χ3n) is 20.6. The van der Waals surface area contributed by atoms with Crippen molar-refractivity contribution in [3.05, 3.63) is 362 Å². The molecular weight excluding hydrogens is 1410 g/mol. The Labute approximate surface area is 659 Å². The molecule has 0 bridgehead atoms. The molecule has 0 atom stereocenters. The van der Waals surface area contributed by atoms with Crippen LogP contribution in [-0.4, -0.2) is 68.9 Å². The Morgan fingerprint density at radius 3 is 0.617 bits per heavy atom. The number of hydrogen-bond donors (Lipinski definition) is 0. The highest BCUT2D eigenvalue weighted by Gasteiger charge is 2.27. The number of aromatic nitrogens is 14. The zero-order chi connectivity index (χ0) is 76.9. The largest absolute Gasteiger partial charge is 0.308 e. The molecule has 0 saturated carbocycles. The van der Waals surface area contributed by atoms with E-state index in [2.05, 4.69) is 112 Å². The second-order valence-corrected chi connectivity index (χ2v) is 28.0. The summed E-state index contributed by atoms with van der Waals surface area (Å²) in [6.45, 7) is 1.99. The number of fused-ring (bicyclic) bond motifs is 6. The fraction of sp³-hybridized carbons (Fsp3) is 0.0101. The topological polar surface area (TPSA) is 212 Å². The maximum atomic E-state index is 12.9. The van der Waals surface area contributed by atoms with Crippen molar-refractivity contribution in [2.75, 3.05) is 0 Å². The molecule has 20 rings (SSSR count). The standard InChI is InChI=1S/C99H60N16/c1-61-50-62(59-100)52-75(51-61)76-57-86(114-82-53-71(96-106-88(63-26-10-2-11-27-63)102-89(107-96)64-28-12-3-13-29-64)42-46-77(82)78-47-43-72(54-83(78)114)97-108-90(65-30-14-4-15-31-65)103-91(109-97)66-32-16-5-17-33-66)81(60-101)87(58-76)115-84-55-73(98-110-92(67-34-18-6-19-35-67)104-93(111-98)68-36-20-7-21-37-68)44-48-79(84)80-49-45-74(56-85(80)115)99-112-94(69-38-22-8-23-39-69)105-95(113-99)70-40-24-9-25-41-70/h2-58H,1H3. The predicted molar refractivity (Wildman–Crippen MR) is 453 cm³/mol. The van der Waals surface area contributed by atoms with Gasteiger partial charge in [-0.1, -0.05) is 297 Å². The number of hydrogen-bond acceptors (Lipinski definition) is 14. The number of benzene rings is 14. The Morgan fingerprint density at radius 1 is 0.200 bits per heavy atom. The van der Waals surface area contributed by atoms with Gasteiger partial charge in [0, 0.05) is 88.3 Å². The summed E-state index contributed by atoms with van der Waals surface area (Å²) in [5.74, 6) is 5.75. The SMILES string of the molecule is Cc1cc(C#N)cc(-c2cc(-n3c4cc(-c5nc(-c6ccccc6)nc(-c6ccccc6)n5)ccc4c4ccc(-c5nc(-c6ccccc6)nc(-c6ccccc6)n5)cc43)c(C#N)c(-n3c4cc(-c5nc(-c6ccccc6)nc(-c6ccccc6)n5)ccc4c4ccc(-c5nc(-c6ccccc6)nc(-c6ccccc6)n5)cc43)c2)c1. The lowest BCUT2D eigenvalue weighted by molar-refractivity contribution is 1.07. The first-order valence-corrected chi connectivity index (χ1v) is 37.5. The van der Waals surface area contributed by atoms with E-state index in [4.69, 9.17) is 59.8 Å². The van der Waals surface area contributed by atoms with E-state index in [-0.39, 0.29) is 0 Å². The van der Waals surface area contributed by atoms with Crippen LogP contribution in [0.2, 0.25) is 0 Å². The summed E-state index contributed by atoms with van der Waals surface area (Å²) < 4.78 is 4.34. The van der Waals surface area contributed by atoms with Gasteiger partial charge < -0.3 is 9.13 Å². The molecule has 0 radical (unpaired) electrons. The molecule has 6 heterocycles. The molecule has 0 N–H and O–H groups in total. The Balaban J connectivity index is 0.902. The van der Waals surface area contributed by atoms with Gasteiger partial charge in [0.15, 0.2) is 69.9 Å². The Kier molecular flexibility index (Phi) is 17.1. The fourth-order valence-electron chi connectivity index (χ4n) is 15.1. The Morgan fingerprint density at radius 2 is 0.409 bits per heavy atom. The quantitative estimate of drug-likeness (QED) is 0.0934. The van der Waals surface area contributed by atoms with E-state index in [1.165, 1.54) is 0 Å². The van der Waals surface area contributed by atoms with E-state index in [1.54, 1.807) is 0 Å². The molecule has 0 spiro atoms. The van der Waals surface area contributed by atoms with Gasteiger partial charge in [-0.3, -0.25) is 0 Å². The van der Waals surface area contributed by atoms with Crippen LogP contribution in [-0.2, 0) is 0 Å². The van der Waals surface area contributed by atoms with Gasteiger partial charge in [0.1, 0.15) is 11.6 Å². The molecule has 0 aliphatic carbocycles. The Hall–Kier alpha value is -16.3. The van der Waals surface area contributed by atoms with Crippen LogP contribution in [0, 0.1) is 29.6 Å². The molecule has 0 aliphatic heterocycles. The summed E-state index contributed by atoms with van der Waals surface area (Å²) in [5, 5.41) is 27.2. The first-order valence-electron chi connectivity index (χ1n) is 37.5. The van der Waals surface area contributed by atoms with Crippen LogP contribution in [0.5, 0.6) is 0 Å². The van der Waals surface area contributed by atoms with E-state index in [1.807, 2.05) is 262 Å². The molecule has 14 aromatic carbocycles. The van der Waals surface area contributed by atoms with Gasteiger partial charge in [-0.05, 0) is 72.1 Å². The van der Waals surface area contributed by atoms with Crippen molar-refractivity contribution >= 4 is 43.6 Å². The molecule has 115 heavy (non-hydrogen) atoms. The van der Waals surface area contributed by atoms with Crippen molar-refractivity contribution in [2.45, 2.75) is 6.92 Å². The number of nitriles is 2. The smallest absolute Gasteiger partial charge is 0.164 e. The third kappa shape index (κ3) is 12.9. The summed E-state index contributed by atoms with van der Waals surface area (Å²) >= 11 is 0. The maximum Gasteiger partial charge on any atom is 0.164 e. The maximum absolute atomic E-state index is 12.9. The van der Waals surface area contributed by atoms with Gasteiger partial charge >= 0.3 is 0 Å². The van der Waals surface area contributed by atoms with Crippen LogP contribution in [0.3, 0.4) is 0 Å². The second-order valence-electron chi connectivity index (χ2n) is 28.0. The third-order valence-corrected chi connectivity index (χ3v) is 20.6. The van der Waals surface area contributed by atoms with Gasteiger partial charge in [0.05, 0.1) is 45.1 Å². The van der Waals surface area contributed by atoms with E-state index < -0.39 is 0 Å². The molecule has 0 amide bonds. The molecule has 0 unspecified atom stereocenters. The summed E-state index contributed by atoms with van der Waals surface area (Å²) in [6.07, 6.45) is 0. The fourth-order valence-corrected chi connectivity index (χ4v) is 15.1. The molecule has 20 aromatic rings. The minimum Gasteiger partial charge on any atom is -0.308 e. The lowest BCUT2D eigenvalue weighted by Crippen LogP contribution is -2.06. The van der Waals surface area contributed by atoms with Crippen molar-refractivity contribution in [3.8, 4) is 171 Å². The number of rotatable bonds is 15. The summed E-state index contributed by atoms with van der Waals surface area (Å²) in [5.41, 5.74) is 16.3. The lowest BCUT2D eigenvalue weighted by atomic mass is 9.97. The number of aryl methyl sites for hydroxylation is 1. The molecule has 0 fully saturated rings. The molecule has 16 nitrogen and oxygen atoms in total. The van der Waals surface area contributed by atoms with Gasteiger partial charge in [0.2, 0.25) is 0 Å². The van der Waals surface area contributed by atoms with E-state index in [9.17, 15) is 10.5 Å². The first kappa shape index (κ1) is 68.0. The second kappa shape index (κ2) is 28.9. The van der Waals surface area contributed by atoms with Crippen molar-refractivity contribution in [3.63, 3.8) is 0 Å². The molecule has 536 valence electrons. The van der Waals surface area contributed by atoms with Crippen molar-refractivity contribution in [1.82, 2.24) is 68.9 Å². The van der Waals surface area contributed by atoms with E-state index >= 15 is 0 Å². The van der Waals surface area contributed by atoms with E-state index in [0.717, 1.165) is 99.2 Å². The minimum absolute atomic E-state index is 0.299. The van der Waals surface area contributed by atoms with Gasteiger partial charge in [0.25, 0.3) is 0 Å². The van der Waals surface area contributed by atoms with Crippen molar-refractivity contribution in [1.29, 1.82) is 10.5 Å². The summed E-state index contributed by atoms with van der Waals surface area (Å²) in [7, 11) is 0. The summed E-state index contributed by atoms with van der Waals surface area (Å²) in [4.78, 5) is 62.6. The van der Waals surface area contributed by atoms with Crippen molar-refractivity contribution < 1.29 is 0 Å². The number of nitrogens with zero attached hydrogens (tertiary/aromatic N) is 16. The van der Waals surface area contributed by atoms with Crippen LogP contribution in [0.15, 0.2) is 346 Å². The van der Waals surface area contributed by atoms with Crippen LogP contribution >= 0.6 is 0 Å². The van der Waals surface area contributed by atoms with Gasteiger partial charge in [-0.15, -0.1) is 0 Å².